The number of hydrogen-bond acceptors (Lipinski definition) is 6. The molecule has 0 bridgehead atoms. The monoisotopic (exact) mass is 189 g/mol. The number of rotatable bonds is 4. The van der Waals surface area contributed by atoms with Gasteiger partial charge in [0.05, 0.1) is 13.2 Å². The van der Waals surface area contributed by atoms with Crippen LogP contribution in [0.4, 0.5) is 0 Å². The summed E-state index contributed by atoms with van der Waals surface area (Å²) in [6, 6.07) is 0. The third kappa shape index (κ3) is 9.75. The SMILES string of the molecule is O=S(=O)([O-])OCC(O)CO.[NH4+]. The Kier molecular flexibility index (Phi) is 6.56. The maximum absolute atomic E-state index is 9.68. The molecule has 0 aliphatic heterocycles. The molecule has 0 aromatic heterocycles. The van der Waals surface area contributed by atoms with Crippen LogP contribution < -0.4 is 6.15 Å². The van der Waals surface area contributed by atoms with Crippen LogP contribution in [-0.4, -0.2) is 42.5 Å². The van der Waals surface area contributed by atoms with E-state index in [2.05, 4.69) is 4.18 Å². The molecule has 0 spiro atoms. The summed E-state index contributed by atoms with van der Waals surface area (Å²) in [5, 5.41) is 16.5. The zero-order valence-electron chi connectivity index (χ0n) is 5.93. The van der Waals surface area contributed by atoms with E-state index in [9.17, 15) is 13.0 Å². The fourth-order valence-electron chi connectivity index (χ4n) is 0.215. The molecule has 0 heterocycles. The van der Waals surface area contributed by atoms with Gasteiger partial charge < -0.3 is 20.9 Å². The van der Waals surface area contributed by atoms with Crippen LogP contribution in [-0.2, 0) is 14.6 Å². The Morgan fingerprint density at radius 2 is 2.00 bits per heavy atom. The van der Waals surface area contributed by atoms with Gasteiger partial charge in [0.1, 0.15) is 6.10 Å². The Balaban J connectivity index is 0. The van der Waals surface area contributed by atoms with Gasteiger partial charge in [0.2, 0.25) is 10.4 Å². The van der Waals surface area contributed by atoms with Gasteiger partial charge in [0, 0.05) is 0 Å². The maximum atomic E-state index is 9.68. The molecule has 1 unspecified atom stereocenters. The first-order valence-electron chi connectivity index (χ1n) is 2.35. The third-order valence-electron chi connectivity index (χ3n) is 0.616. The van der Waals surface area contributed by atoms with Crippen molar-refractivity contribution >= 4 is 10.4 Å². The Hall–Kier alpha value is -0.250. The van der Waals surface area contributed by atoms with Crippen molar-refractivity contribution in [3.8, 4) is 0 Å². The summed E-state index contributed by atoms with van der Waals surface area (Å²) >= 11 is 0. The molecule has 0 rings (SSSR count). The van der Waals surface area contributed by atoms with E-state index < -0.39 is 29.7 Å². The molecule has 0 amide bonds. The number of quaternary nitrogens is 1. The maximum Gasteiger partial charge on any atom is 0.217 e. The quantitative estimate of drug-likeness (QED) is 0.351. The fraction of sp³-hybridized carbons (Fsp3) is 1.00. The van der Waals surface area contributed by atoms with Crippen molar-refractivity contribution in [3.63, 3.8) is 0 Å². The predicted molar refractivity (Wildman–Crippen MR) is 34.7 cm³/mol. The predicted octanol–water partition coefficient (Wildman–Crippen LogP) is -1.81. The summed E-state index contributed by atoms with van der Waals surface area (Å²) in [7, 11) is -4.75. The van der Waals surface area contributed by atoms with Gasteiger partial charge in [0.15, 0.2) is 0 Å². The normalized spacial score (nSPS) is 13.7. The fourth-order valence-corrected chi connectivity index (χ4v) is 0.538. The van der Waals surface area contributed by atoms with Crippen LogP contribution in [0.5, 0.6) is 0 Å². The number of aliphatic hydroxyl groups excluding tert-OH is 2. The molecule has 0 radical (unpaired) electrons. The van der Waals surface area contributed by atoms with Crippen molar-refractivity contribution in [3.05, 3.63) is 0 Å². The second-order valence-electron chi connectivity index (χ2n) is 1.53. The molecule has 1 atom stereocenters. The summed E-state index contributed by atoms with van der Waals surface area (Å²) in [4.78, 5) is 0. The van der Waals surface area contributed by atoms with E-state index in [1.54, 1.807) is 0 Å². The summed E-state index contributed by atoms with van der Waals surface area (Å²) in [5.41, 5.74) is 0. The highest BCUT2D eigenvalue weighted by atomic mass is 32.3. The molecule has 0 aromatic carbocycles. The van der Waals surface area contributed by atoms with E-state index in [0.717, 1.165) is 0 Å². The lowest BCUT2D eigenvalue weighted by Gasteiger charge is -2.09. The highest BCUT2D eigenvalue weighted by Crippen LogP contribution is 1.88. The Morgan fingerprint density at radius 3 is 2.27 bits per heavy atom. The van der Waals surface area contributed by atoms with Crippen LogP contribution in [0.2, 0.25) is 0 Å². The molecule has 0 aliphatic carbocycles. The average molecular weight is 189 g/mol. The highest BCUT2D eigenvalue weighted by molar-refractivity contribution is 7.80. The van der Waals surface area contributed by atoms with Crippen molar-refractivity contribution < 1.29 is 27.4 Å². The molecule has 0 saturated carbocycles. The van der Waals surface area contributed by atoms with Crippen molar-refractivity contribution in [2.45, 2.75) is 6.10 Å². The zero-order chi connectivity index (χ0) is 8.20. The minimum absolute atomic E-state index is 0. The molecule has 70 valence electrons. The lowest BCUT2D eigenvalue weighted by Crippen LogP contribution is -2.21. The van der Waals surface area contributed by atoms with Crippen molar-refractivity contribution in [2.24, 2.45) is 0 Å². The van der Waals surface area contributed by atoms with Crippen LogP contribution in [0.25, 0.3) is 0 Å². The van der Waals surface area contributed by atoms with Crippen LogP contribution in [0.3, 0.4) is 0 Å². The summed E-state index contributed by atoms with van der Waals surface area (Å²) in [5.74, 6) is 0. The molecular formula is C3H11NO6S. The van der Waals surface area contributed by atoms with Crippen LogP contribution in [0, 0.1) is 0 Å². The number of hydrogen-bond donors (Lipinski definition) is 3. The summed E-state index contributed by atoms with van der Waals surface area (Å²) in [6.07, 6.45) is -1.33. The smallest absolute Gasteiger partial charge is 0.217 e. The molecule has 6 N–H and O–H groups in total. The first kappa shape index (κ1) is 13.3. The van der Waals surface area contributed by atoms with Gasteiger partial charge in [0.25, 0.3) is 0 Å². The molecule has 11 heavy (non-hydrogen) atoms. The van der Waals surface area contributed by atoms with Gasteiger partial charge in [-0.3, -0.25) is 4.18 Å². The lowest BCUT2D eigenvalue weighted by atomic mass is 10.4. The van der Waals surface area contributed by atoms with Gasteiger partial charge in [-0.2, -0.15) is 0 Å². The van der Waals surface area contributed by atoms with E-state index in [0.29, 0.717) is 0 Å². The Morgan fingerprint density at radius 1 is 1.55 bits per heavy atom. The van der Waals surface area contributed by atoms with Gasteiger partial charge in [-0.25, -0.2) is 8.42 Å². The highest BCUT2D eigenvalue weighted by Gasteiger charge is 2.03. The zero-order valence-corrected chi connectivity index (χ0v) is 6.74. The van der Waals surface area contributed by atoms with Crippen molar-refractivity contribution in [1.82, 2.24) is 6.15 Å². The van der Waals surface area contributed by atoms with E-state index in [-0.39, 0.29) is 6.15 Å². The first-order valence-corrected chi connectivity index (χ1v) is 3.68. The van der Waals surface area contributed by atoms with E-state index >= 15 is 0 Å². The molecular weight excluding hydrogens is 178 g/mol. The van der Waals surface area contributed by atoms with Crippen molar-refractivity contribution in [2.75, 3.05) is 13.2 Å². The largest absolute Gasteiger partial charge is 0.726 e. The topological polar surface area (TPSA) is 143 Å². The molecule has 0 aromatic rings. The van der Waals surface area contributed by atoms with Gasteiger partial charge in [-0.05, 0) is 0 Å². The van der Waals surface area contributed by atoms with Gasteiger partial charge in [-0.1, -0.05) is 0 Å². The summed E-state index contributed by atoms with van der Waals surface area (Å²) < 4.78 is 32.6. The molecule has 0 fully saturated rings. The minimum Gasteiger partial charge on any atom is -0.726 e. The van der Waals surface area contributed by atoms with Crippen LogP contribution in [0.1, 0.15) is 0 Å². The molecule has 8 heteroatoms. The Bertz CT molecular complexity index is 176. The third-order valence-corrected chi connectivity index (χ3v) is 1.04. The van der Waals surface area contributed by atoms with Gasteiger partial charge in [-0.15, -0.1) is 0 Å². The van der Waals surface area contributed by atoms with Crippen LogP contribution >= 0.6 is 0 Å². The minimum atomic E-state index is -4.75. The molecule has 0 aliphatic rings. The molecule has 7 nitrogen and oxygen atoms in total. The second kappa shape index (κ2) is 5.41. The first-order chi connectivity index (χ1) is 4.45. The van der Waals surface area contributed by atoms with E-state index in [1.807, 2.05) is 0 Å². The lowest BCUT2D eigenvalue weighted by molar-refractivity contribution is 0.0512. The number of aliphatic hydroxyl groups is 2. The van der Waals surface area contributed by atoms with E-state index in [4.69, 9.17) is 10.2 Å². The van der Waals surface area contributed by atoms with Crippen LogP contribution in [0.15, 0.2) is 0 Å². The molecule has 0 saturated heterocycles. The average Bonchev–Trinajstić information content (AvgIpc) is 1.81. The second-order valence-corrected chi connectivity index (χ2v) is 2.58. The standard InChI is InChI=1S/C3H8O6S.H3N/c4-1-3(5)2-9-10(6,7)8;/h3-5H,1-2H2,(H,6,7,8);1H3. The summed E-state index contributed by atoms with van der Waals surface area (Å²) in [6.45, 7) is -1.35. The van der Waals surface area contributed by atoms with E-state index in [1.165, 1.54) is 0 Å². The Labute approximate surface area is 64.1 Å². The van der Waals surface area contributed by atoms with Crippen molar-refractivity contribution in [1.29, 1.82) is 0 Å². The van der Waals surface area contributed by atoms with Gasteiger partial charge >= 0.3 is 0 Å².